The van der Waals surface area contributed by atoms with Crippen LogP contribution in [0, 0.1) is 0 Å². The highest BCUT2D eigenvalue weighted by Gasteiger charge is 2.05. The Labute approximate surface area is 113 Å². The molecule has 100 valence electrons. The van der Waals surface area contributed by atoms with Crippen molar-refractivity contribution in [3.63, 3.8) is 0 Å². The molecule has 1 aromatic heterocycles. The fraction of sp³-hybridized carbons (Fsp3) is 0.333. The third-order valence-electron chi connectivity index (χ3n) is 3.08. The number of hydrogen-bond donors (Lipinski definition) is 1. The molecule has 0 saturated heterocycles. The lowest BCUT2D eigenvalue weighted by Crippen LogP contribution is -2.30. The molecule has 0 spiro atoms. The number of furan rings is 1. The van der Waals surface area contributed by atoms with Crippen molar-refractivity contribution in [3.8, 4) is 0 Å². The molecule has 0 fully saturated rings. The van der Waals surface area contributed by atoms with Gasteiger partial charge in [-0.2, -0.15) is 0 Å². The second-order valence-corrected chi connectivity index (χ2v) is 4.24. The molecule has 4 nitrogen and oxygen atoms in total. The second-order valence-electron chi connectivity index (χ2n) is 4.24. The van der Waals surface area contributed by atoms with E-state index in [0.717, 1.165) is 35.5 Å². The summed E-state index contributed by atoms with van der Waals surface area (Å²) >= 11 is 0. The Bertz CT molecular complexity index is 611. The molecular formula is C15H19N3O. The van der Waals surface area contributed by atoms with Gasteiger partial charge in [0.1, 0.15) is 11.4 Å². The Morgan fingerprint density at radius 1 is 1.21 bits per heavy atom. The Morgan fingerprint density at radius 2 is 2.05 bits per heavy atom. The number of rotatable bonds is 4. The first-order valence-electron chi connectivity index (χ1n) is 6.41. The fourth-order valence-electron chi connectivity index (χ4n) is 2.05. The van der Waals surface area contributed by atoms with Crippen LogP contribution in [0.15, 0.2) is 44.9 Å². The topological polar surface area (TPSA) is 49.9 Å². The molecule has 1 N–H and O–H groups in total. The van der Waals surface area contributed by atoms with Crippen molar-refractivity contribution in [2.45, 2.75) is 19.9 Å². The first-order chi connectivity index (χ1) is 9.28. The van der Waals surface area contributed by atoms with Crippen molar-refractivity contribution in [1.82, 2.24) is 5.32 Å². The van der Waals surface area contributed by atoms with Gasteiger partial charge >= 0.3 is 0 Å². The largest absolute Gasteiger partial charge is 0.464 e. The van der Waals surface area contributed by atoms with E-state index < -0.39 is 0 Å². The van der Waals surface area contributed by atoms with Crippen LogP contribution in [0.4, 0.5) is 0 Å². The highest BCUT2D eigenvalue weighted by atomic mass is 16.3. The summed E-state index contributed by atoms with van der Waals surface area (Å²) in [6.45, 7) is 2.81. The average Bonchev–Trinajstić information content (AvgIpc) is 2.90. The minimum Gasteiger partial charge on any atom is -0.464 e. The number of fused-ring (bicyclic) bond motifs is 1. The normalized spacial score (nSPS) is 13.0. The van der Waals surface area contributed by atoms with Crippen LogP contribution >= 0.6 is 0 Å². The van der Waals surface area contributed by atoms with Gasteiger partial charge < -0.3 is 9.73 Å². The lowest BCUT2D eigenvalue weighted by molar-refractivity contribution is 0.615. The third kappa shape index (κ3) is 3.02. The summed E-state index contributed by atoms with van der Waals surface area (Å²) in [6, 6.07) is 8.14. The number of hydrogen-bond acceptors (Lipinski definition) is 3. The maximum Gasteiger partial charge on any atom is 0.142 e. The Hall–Kier alpha value is -2.10. The number of benzene rings is 1. The van der Waals surface area contributed by atoms with E-state index in [1.54, 1.807) is 20.4 Å². The molecule has 0 atom stereocenters. The molecule has 0 unspecified atom stereocenters. The van der Waals surface area contributed by atoms with Crippen molar-refractivity contribution in [3.05, 3.63) is 36.1 Å². The lowest BCUT2D eigenvalue weighted by Gasteiger charge is -2.10. The summed E-state index contributed by atoms with van der Waals surface area (Å²) in [7, 11) is 3.58. The maximum atomic E-state index is 5.33. The van der Waals surface area contributed by atoms with Gasteiger partial charge in [0.15, 0.2) is 0 Å². The number of nitrogens with zero attached hydrogens (tertiary/aromatic N) is 2. The Kier molecular flexibility index (Phi) is 4.34. The van der Waals surface area contributed by atoms with Gasteiger partial charge in [-0.15, -0.1) is 0 Å². The SMILES string of the molecule is CCC(=NC)C(=NC)NCc1ccc2occc2c1. The Balaban J connectivity index is 2.08. The first kappa shape index (κ1) is 13.3. The van der Waals surface area contributed by atoms with Gasteiger partial charge in [-0.3, -0.25) is 9.98 Å². The molecule has 0 aliphatic rings. The highest BCUT2D eigenvalue weighted by Crippen LogP contribution is 2.16. The fourth-order valence-corrected chi connectivity index (χ4v) is 2.05. The number of amidine groups is 1. The van der Waals surface area contributed by atoms with E-state index in [0.29, 0.717) is 0 Å². The number of aliphatic imine (C=N–C) groups is 2. The van der Waals surface area contributed by atoms with E-state index in [-0.39, 0.29) is 0 Å². The molecule has 0 amide bonds. The second kappa shape index (κ2) is 6.18. The van der Waals surface area contributed by atoms with Gasteiger partial charge in [-0.1, -0.05) is 13.0 Å². The molecule has 4 heteroatoms. The first-order valence-corrected chi connectivity index (χ1v) is 6.41. The van der Waals surface area contributed by atoms with Crippen LogP contribution in [0.5, 0.6) is 0 Å². The van der Waals surface area contributed by atoms with Crippen LogP contribution in [0.25, 0.3) is 11.0 Å². The molecule has 1 aromatic carbocycles. The lowest BCUT2D eigenvalue weighted by atomic mass is 10.1. The van der Waals surface area contributed by atoms with Crippen LogP contribution in [0.2, 0.25) is 0 Å². The van der Waals surface area contributed by atoms with Crippen molar-refractivity contribution in [2.24, 2.45) is 9.98 Å². The third-order valence-corrected chi connectivity index (χ3v) is 3.08. The molecule has 1 heterocycles. The minimum absolute atomic E-state index is 0.729. The molecule has 19 heavy (non-hydrogen) atoms. The monoisotopic (exact) mass is 257 g/mol. The van der Waals surface area contributed by atoms with Gasteiger partial charge in [-0.25, -0.2) is 0 Å². The van der Waals surface area contributed by atoms with Gasteiger partial charge in [0, 0.05) is 26.0 Å². The Morgan fingerprint density at radius 3 is 2.74 bits per heavy atom. The van der Waals surface area contributed by atoms with Gasteiger partial charge in [-0.05, 0) is 30.2 Å². The van der Waals surface area contributed by atoms with Crippen LogP contribution in [0.1, 0.15) is 18.9 Å². The van der Waals surface area contributed by atoms with Gasteiger partial charge in [0.05, 0.1) is 12.0 Å². The summed E-state index contributed by atoms with van der Waals surface area (Å²) in [5.74, 6) is 0.859. The van der Waals surface area contributed by atoms with Crippen molar-refractivity contribution >= 4 is 22.5 Å². The zero-order valence-electron chi connectivity index (χ0n) is 11.6. The maximum absolute atomic E-state index is 5.33. The number of nitrogens with one attached hydrogen (secondary N) is 1. The predicted octanol–water partition coefficient (Wildman–Crippen LogP) is 3.03. The van der Waals surface area contributed by atoms with Crippen molar-refractivity contribution in [1.29, 1.82) is 0 Å². The van der Waals surface area contributed by atoms with E-state index in [1.807, 2.05) is 12.1 Å². The summed E-state index contributed by atoms with van der Waals surface area (Å²) in [4.78, 5) is 8.49. The zero-order valence-corrected chi connectivity index (χ0v) is 11.6. The molecule has 0 bridgehead atoms. The van der Waals surface area contributed by atoms with Gasteiger partial charge in [0.2, 0.25) is 0 Å². The van der Waals surface area contributed by atoms with Crippen LogP contribution in [-0.4, -0.2) is 25.6 Å². The van der Waals surface area contributed by atoms with E-state index in [4.69, 9.17) is 4.42 Å². The minimum atomic E-state index is 0.729. The zero-order chi connectivity index (χ0) is 13.7. The van der Waals surface area contributed by atoms with E-state index >= 15 is 0 Å². The summed E-state index contributed by atoms with van der Waals surface area (Å²) in [5.41, 5.74) is 3.10. The molecule has 0 aliphatic heterocycles. The van der Waals surface area contributed by atoms with E-state index in [2.05, 4.69) is 34.4 Å². The molecule has 2 rings (SSSR count). The molecule has 0 radical (unpaired) electrons. The quantitative estimate of drug-likeness (QED) is 0.676. The molecule has 0 saturated carbocycles. The van der Waals surface area contributed by atoms with E-state index in [9.17, 15) is 0 Å². The molecule has 0 aliphatic carbocycles. The highest BCUT2D eigenvalue weighted by molar-refractivity contribution is 6.41. The van der Waals surface area contributed by atoms with Crippen LogP contribution < -0.4 is 5.32 Å². The standard InChI is InChI=1S/C15H19N3O/c1-4-13(16-2)15(17-3)18-10-11-5-6-14-12(9-11)7-8-19-14/h5-9H,4,10H2,1-3H3,(H,17,18). The summed E-state index contributed by atoms with van der Waals surface area (Å²) in [6.07, 6.45) is 2.58. The van der Waals surface area contributed by atoms with Crippen molar-refractivity contribution < 1.29 is 4.42 Å². The van der Waals surface area contributed by atoms with Crippen molar-refractivity contribution in [2.75, 3.05) is 14.1 Å². The predicted molar refractivity (Wildman–Crippen MR) is 80.1 cm³/mol. The summed E-state index contributed by atoms with van der Waals surface area (Å²) < 4.78 is 5.33. The van der Waals surface area contributed by atoms with Gasteiger partial charge in [0.25, 0.3) is 0 Å². The van der Waals surface area contributed by atoms with Crippen LogP contribution in [0.3, 0.4) is 0 Å². The average molecular weight is 257 g/mol. The van der Waals surface area contributed by atoms with Crippen LogP contribution in [-0.2, 0) is 6.54 Å². The molecule has 2 aromatic rings. The smallest absolute Gasteiger partial charge is 0.142 e. The molecular weight excluding hydrogens is 238 g/mol. The summed E-state index contributed by atoms with van der Waals surface area (Å²) in [5, 5.41) is 4.45. The van der Waals surface area contributed by atoms with E-state index in [1.165, 1.54) is 5.56 Å².